The Morgan fingerprint density at radius 1 is 0.568 bits per heavy atom. The molecule has 0 spiro atoms. The predicted molar refractivity (Wildman–Crippen MR) is 158 cm³/mol. The van der Waals surface area contributed by atoms with Gasteiger partial charge in [-0.3, -0.25) is 0 Å². The van der Waals surface area contributed by atoms with Gasteiger partial charge in [-0.05, 0) is 77.1 Å². The summed E-state index contributed by atoms with van der Waals surface area (Å²) in [6.45, 7) is 9.16. The molecule has 1 atom stereocenters. The molecule has 1 unspecified atom stereocenters. The number of rotatable bonds is 5. The van der Waals surface area contributed by atoms with Gasteiger partial charge in [-0.2, -0.15) is 0 Å². The fraction of sp³-hybridized carbons (Fsp3) is 0.167. The molecule has 0 amide bonds. The highest BCUT2D eigenvalue weighted by Crippen LogP contribution is 2.50. The molecule has 0 saturated carbocycles. The number of nitrogens with zero attached hydrogens (tertiary/aromatic N) is 1. The third-order valence-electron chi connectivity index (χ3n) is 8.04. The number of aryl methyl sites for hydroxylation is 1. The third kappa shape index (κ3) is 4.05. The lowest BCUT2D eigenvalue weighted by molar-refractivity contribution is 0.659. The van der Waals surface area contributed by atoms with Crippen molar-refractivity contribution in [3.8, 4) is 22.3 Å². The van der Waals surface area contributed by atoms with E-state index in [9.17, 15) is 0 Å². The van der Waals surface area contributed by atoms with Gasteiger partial charge in [0.2, 0.25) is 0 Å². The normalized spacial score (nSPS) is 14.1. The molecular weight excluding hydrogens is 446 g/mol. The summed E-state index contributed by atoms with van der Waals surface area (Å²) >= 11 is 0. The lowest BCUT2D eigenvalue weighted by atomic mass is 9.82. The van der Waals surface area contributed by atoms with Gasteiger partial charge in [0, 0.05) is 16.8 Å². The summed E-state index contributed by atoms with van der Waals surface area (Å²) in [6, 6.07) is 44.6. The van der Waals surface area contributed by atoms with Crippen LogP contribution >= 0.6 is 0 Å². The van der Waals surface area contributed by atoms with Gasteiger partial charge in [0.25, 0.3) is 0 Å². The van der Waals surface area contributed by atoms with Crippen LogP contribution < -0.4 is 4.90 Å². The van der Waals surface area contributed by atoms with Gasteiger partial charge in [-0.15, -0.1) is 0 Å². The predicted octanol–water partition coefficient (Wildman–Crippen LogP) is 9.87. The summed E-state index contributed by atoms with van der Waals surface area (Å²) in [7, 11) is 0. The van der Waals surface area contributed by atoms with E-state index >= 15 is 0 Å². The Hall–Kier alpha value is -4.10. The second-order valence-electron chi connectivity index (χ2n) is 10.8. The van der Waals surface area contributed by atoms with Gasteiger partial charge in [0.1, 0.15) is 0 Å². The van der Waals surface area contributed by atoms with E-state index in [2.05, 4.69) is 154 Å². The van der Waals surface area contributed by atoms with E-state index in [1.54, 1.807) is 0 Å². The average Bonchev–Trinajstić information content (AvgIpc) is 3.16. The number of hydrogen-bond acceptors (Lipinski definition) is 1. The molecule has 0 N–H and O–H groups in total. The zero-order valence-corrected chi connectivity index (χ0v) is 22.1. The van der Waals surface area contributed by atoms with Crippen molar-refractivity contribution in [1.82, 2.24) is 0 Å². The molecule has 1 nitrogen and oxygen atoms in total. The van der Waals surface area contributed by atoms with Crippen LogP contribution in [0.15, 0.2) is 121 Å². The van der Waals surface area contributed by atoms with E-state index in [-0.39, 0.29) is 11.5 Å². The van der Waals surface area contributed by atoms with Gasteiger partial charge >= 0.3 is 0 Å². The first-order valence-corrected chi connectivity index (χ1v) is 13.2. The summed E-state index contributed by atoms with van der Waals surface area (Å²) in [4.78, 5) is 2.48. The summed E-state index contributed by atoms with van der Waals surface area (Å²) < 4.78 is 0. The minimum absolute atomic E-state index is 0.0299. The highest BCUT2D eigenvalue weighted by Gasteiger charge is 2.35. The minimum atomic E-state index is -0.0299. The van der Waals surface area contributed by atoms with Crippen molar-refractivity contribution in [2.75, 3.05) is 4.90 Å². The smallest absolute Gasteiger partial charge is 0.0563 e. The van der Waals surface area contributed by atoms with Gasteiger partial charge < -0.3 is 4.90 Å². The molecule has 37 heavy (non-hydrogen) atoms. The van der Waals surface area contributed by atoms with E-state index in [4.69, 9.17) is 0 Å². The van der Waals surface area contributed by atoms with E-state index in [1.807, 2.05) is 0 Å². The highest BCUT2D eigenvalue weighted by atomic mass is 15.2. The average molecular weight is 480 g/mol. The van der Waals surface area contributed by atoms with Crippen molar-refractivity contribution in [3.05, 3.63) is 144 Å². The largest absolute Gasteiger partial charge is 0.334 e. The molecule has 5 aromatic carbocycles. The zero-order chi connectivity index (χ0) is 25.6. The number of hydrogen-bond donors (Lipinski definition) is 0. The van der Waals surface area contributed by atoms with Crippen LogP contribution in [0.25, 0.3) is 22.3 Å². The Morgan fingerprint density at radius 3 is 1.89 bits per heavy atom. The van der Waals surface area contributed by atoms with Crippen molar-refractivity contribution >= 4 is 11.4 Å². The first-order valence-electron chi connectivity index (χ1n) is 13.2. The molecule has 0 saturated heterocycles. The topological polar surface area (TPSA) is 3.24 Å². The monoisotopic (exact) mass is 479 g/mol. The van der Waals surface area contributed by atoms with E-state index in [0.717, 1.165) is 0 Å². The summed E-state index contributed by atoms with van der Waals surface area (Å²) in [6.07, 6.45) is 0. The zero-order valence-electron chi connectivity index (χ0n) is 22.1. The van der Waals surface area contributed by atoms with Crippen LogP contribution in [0.2, 0.25) is 0 Å². The van der Waals surface area contributed by atoms with Crippen molar-refractivity contribution in [2.24, 2.45) is 0 Å². The molecule has 0 aromatic heterocycles. The second kappa shape index (κ2) is 9.09. The molecule has 0 heterocycles. The molecular formula is C36H33N. The molecule has 5 aromatic rings. The Labute approximate surface area is 221 Å². The molecule has 1 heteroatoms. The molecule has 1 aliphatic rings. The lowest BCUT2D eigenvalue weighted by Gasteiger charge is -2.33. The second-order valence-corrected chi connectivity index (χ2v) is 10.8. The molecule has 0 fully saturated rings. The molecule has 182 valence electrons. The summed E-state index contributed by atoms with van der Waals surface area (Å²) in [5.74, 6) is 0. The van der Waals surface area contributed by atoms with Crippen molar-refractivity contribution in [2.45, 2.75) is 39.2 Å². The molecule has 0 aliphatic heterocycles. The summed E-state index contributed by atoms with van der Waals surface area (Å²) in [5, 5.41) is 0. The quantitative estimate of drug-likeness (QED) is 0.242. The van der Waals surface area contributed by atoms with Crippen molar-refractivity contribution in [1.29, 1.82) is 0 Å². The van der Waals surface area contributed by atoms with Crippen LogP contribution in [0.4, 0.5) is 11.4 Å². The SMILES string of the molecule is Cc1ccc(C(C)N(c2ccc(-c3ccccc3)cc2)c2ccc3c(c2)C(C)(C)c2ccccc2-3)cc1. The molecule has 6 rings (SSSR count). The maximum Gasteiger partial charge on any atom is 0.0563 e. The molecule has 1 aliphatic carbocycles. The maximum absolute atomic E-state index is 2.48. The Balaban J connectivity index is 1.46. The minimum Gasteiger partial charge on any atom is -0.334 e. The van der Waals surface area contributed by atoms with Crippen LogP contribution in [0.5, 0.6) is 0 Å². The van der Waals surface area contributed by atoms with E-state index in [0.29, 0.717) is 0 Å². The fourth-order valence-electron chi connectivity index (χ4n) is 5.88. The van der Waals surface area contributed by atoms with Crippen LogP contribution in [-0.4, -0.2) is 0 Å². The summed E-state index contributed by atoms with van der Waals surface area (Å²) in [5.41, 5.74) is 13.0. The van der Waals surface area contributed by atoms with Crippen molar-refractivity contribution < 1.29 is 0 Å². The van der Waals surface area contributed by atoms with E-state index < -0.39 is 0 Å². The number of fused-ring (bicyclic) bond motifs is 3. The van der Waals surface area contributed by atoms with Crippen LogP contribution in [0.1, 0.15) is 49.1 Å². The van der Waals surface area contributed by atoms with Gasteiger partial charge in [0.05, 0.1) is 6.04 Å². The van der Waals surface area contributed by atoms with E-state index in [1.165, 1.54) is 55.9 Å². The number of anilines is 2. The van der Waals surface area contributed by atoms with Gasteiger partial charge in [-0.25, -0.2) is 0 Å². The Kier molecular flexibility index (Phi) is 5.72. The first kappa shape index (κ1) is 23.3. The van der Waals surface area contributed by atoms with Crippen LogP contribution in [0, 0.1) is 6.92 Å². The maximum atomic E-state index is 2.48. The standard InChI is InChI=1S/C36H33N/c1-25-14-16-27(17-15-25)26(2)37(30-20-18-29(19-21-30)28-10-6-5-7-11-28)31-22-23-33-32-12-8-9-13-34(32)36(3,4)35(33)24-31/h5-24,26H,1-4H3. The first-order chi connectivity index (χ1) is 17.9. The Bertz CT molecular complexity index is 1540. The van der Waals surface area contributed by atoms with Gasteiger partial charge in [-0.1, -0.05) is 116 Å². The molecule has 0 radical (unpaired) electrons. The van der Waals surface area contributed by atoms with Crippen molar-refractivity contribution in [3.63, 3.8) is 0 Å². The fourth-order valence-corrected chi connectivity index (χ4v) is 5.88. The molecule has 0 bridgehead atoms. The third-order valence-corrected chi connectivity index (χ3v) is 8.04. The number of benzene rings is 5. The lowest BCUT2D eigenvalue weighted by Crippen LogP contribution is -2.22. The van der Waals surface area contributed by atoms with Crippen LogP contribution in [-0.2, 0) is 5.41 Å². The highest BCUT2D eigenvalue weighted by molar-refractivity contribution is 5.83. The Morgan fingerprint density at radius 2 is 1.16 bits per heavy atom. The van der Waals surface area contributed by atoms with Crippen LogP contribution in [0.3, 0.4) is 0 Å². The van der Waals surface area contributed by atoms with Gasteiger partial charge in [0.15, 0.2) is 0 Å².